The molecule has 2 aliphatic rings. The van der Waals surface area contributed by atoms with Gasteiger partial charge in [0.15, 0.2) is 10.8 Å². The molecule has 22 heavy (non-hydrogen) atoms. The molecule has 2 aliphatic heterocycles. The molecule has 2 aromatic heterocycles. The topological polar surface area (TPSA) is 58.4 Å². The van der Waals surface area contributed by atoms with Crippen molar-refractivity contribution in [1.82, 2.24) is 15.2 Å². The molecule has 116 valence electrons. The summed E-state index contributed by atoms with van der Waals surface area (Å²) in [6.07, 6.45) is 3.45. The number of hydrogen-bond donors (Lipinski definition) is 1. The molecule has 4 heterocycles. The lowest BCUT2D eigenvalue weighted by Gasteiger charge is -2.23. The highest BCUT2D eigenvalue weighted by atomic mass is 32.1. The molecule has 2 aromatic rings. The van der Waals surface area contributed by atoms with Gasteiger partial charge in [0.1, 0.15) is 11.5 Å². The van der Waals surface area contributed by atoms with Crippen LogP contribution in [0.3, 0.4) is 0 Å². The Morgan fingerprint density at radius 1 is 1.36 bits per heavy atom. The summed E-state index contributed by atoms with van der Waals surface area (Å²) in [6, 6.07) is 4.84. The molecule has 0 aliphatic carbocycles. The van der Waals surface area contributed by atoms with E-state index in [1.54, 1.807) is 0 Å². The zero-order valence-corrected chi connectivity index (χ0v) is 13.4. The maximum atomic E-state index is 12.7. The zero-order chi connectivity index (χ0) is 15.1. The number of rotatable bonds is 2. The maximum absolute atomic E-state index is 12.7. The third kappa shape index (κ3) is 2.57. The van der Waals surface area contributed by atoms with Gasteiger partial charge in [-0.15, -0.1) is 11.3 Å². The quantitative estimate of drug-likeness (QED) is 0.925. The summed E-state index contributed by atoms with van der Waals surface area (Å²) >= 11 is 1.46. The molecule has 0 radical (unpaired) electrons. The Balaban J connectivity index is 1.52. The predicted molar refractivity (Wildman–Crippen MR) is 85.0 cm³/mol. The molecular formula is C16H19N3O2S. The molecule has 2 bridgehead atoms. The van der Waals surface area contributed by atoms with Gasteiger partial charge in [-0.25, -0.2) is 4.98 Å². The van der Waals surface area contributed by atoms with Gasteiger partial charge in [-0.1, -0.05) is 0 Å². The van der Waals surface area contributed by atoms with E-state index in [1.807, 2.05) is 29.3 Å². The third-order valence-electron chi connectivity index (χ3n) is 4.48. The molecule has 2 atom stereocenters. The monoisotopic (exact) mass is 317 g/mol. The number of carbonyl (C=O) groups is 1. The first kappa shape index (κ1) is 14.0. The SMILES string of the molecule is Cc1ccc(-c2nc(C(=O)N3CCC4CCC(C3)N4)cs2)o1. The summed E-state index contributed by atoms with van der Waals surface area (Å²) in [6.45, 7) is 3.52. The van der Waals surface area contributed by atoms with E-state index in [4.69, 9.17) is 4.42 Å². The second-order valence-corrected chi connectivity index (χ2v) is 6.98. The number of fused-ring (bicyclic) bond motifs is 2. The standard InChI is InChI=1S/C16H19N3O2S/c1-10-2-5-14(21-10)15-18-13(9-22-15)16(20)19-7-6-11-3-4-12(8-19)17-11/h2,5,9,11-12,17H,3-4,6-8H2,1H3. The number of hydrogen-bond acceptors (Lipinski definition) is 5. The molecule has 0 aromatic carbocycles. The lowest BCUT2D eigenvalue weighted by molar-refractivity contribution is 0.0743. The Morgan fingerprint density at radius 3 is 3.05 bits per heavy atom. The van der Waals surface area contributed by atoms with Gasteiger partial charge in [0, 0.05) is 30.6 Å². The third-order valence-corrected chi connectivity index (χ3v) is 5.34. The van der Waals surface area contributed by atoms with Crippen LogP contribution in [0.2, 0.25) is 0 Å². The Bertz CT molecular complexity index is 693. The first-order valence-corrected chi connectivity index (χ1v) is 8.64. The van der Waals surface area contributed by atoms with E-state index in [0.29, 0.717) is 17.8 Å². The van der Waals surface area contributed by atoms with Gasteiger partial charge < -0.3 is 14.6 Å². The Labute approximate surface area is 133 Å². The lowest BCUT2D eigenvalue weighted by Crippen LogP contribution is -2.39. The fourth-order valence-electron chi connectivity index (χ4n) is 3.32. The first-order chi connectivity index (χ1) is 10.7. The molecule has 1 N–H and O–H groups in total. The molecule has 5 nitrogen and oxygen atoms in total. The van der Waals surface area contributed by atoms with Crippen LogP contribution in [0.15, 0.2) is 21.9 Å². The van der Waals surface area contributed by atoms with Crippen molar-refractivity contribution in [3.05, 3.63) is 29.0 Å². The summed E-state index contributed by atoms with van der Waals surface area (Å²) in [7, 11) is 0. The average molecular weight is 317 g/mol. The fourth-order valence-corrected chi connectivity index (χ4v) is 4.08. The number of nitrogens with zero attached hydrogens (tertiary/aromatic N) is 2. The second kappa shape index (κ2) is 5.52. The minimum atomic E-state index is 0.0418. The number of nitrogens with one attached hydrogen (secondary N) is 1. The highest BCUT2D eigenvalue weighted by Crippen LogP contribution is 2.27. The number of aromatic nitrogens is 1. The highest BCUT2D eigenvalue weighted by molar-refractivity contribution is 7.13. The van der Waals surface area contributed by atoms with Gasteiger partial charge in [0.05, 0.1) is 0 Å². The van der Waals surface area contributed by atoms with E-state index in [-0.39, 0.29) is 5.91 Å². The van der Waals surface area contributed by atoms with Crippen LogP contribution >= 0.6 is 11.3 Å². The van der Waals surface area contributed by atoms with Crippen molar-refractivity contribution in [2.45, 2.75) is 38.3 Å². The van der Waals surface area contributed by atoms with Crippen LogP contribution in [0.1, 0.15) is 35.5 Å². The van der Waals surface area contributed by atoms with Crippen molar-refractivity contribution in [1.29, 1.82) is 0 Å². The van der Waals surface area contributed by atoms with Crippen LogP contribution in [0.5, 0.6) is 0 Å². The zero-order valence-electron chi connectivity index (χ0n) is 12.5. The summed E-state index contributed by atoms with van der Waals surface area (Å²) in [5.74, 6) is 1.63. The average Bonchev–Trinajstić information content (AvgIpc) is 3.18. The van der Waals surface area contributed by atoms with E-state index < -0.39 is 0 Å². The van der Waals surface area contributed by atoms with E-state index in [9.17, 15) is 4.79 Å². The molecule has 0 saturated carbocycles. The first-order valence-electron chi connectivity index (χ1n) is 7.77. The van der Waals surface area contributed by atoms with Gasteiger partial charge in [0.2, 0.25) is 0 Å². The van der Waals surface area contributed by atoms with Crippen LogP contribution < -0.4 is 5.32 Å². The normalized spacial score (nSPS) is 24.5. The Kier molecular flexibility index (Phi) is 3.50. The number of amides is 1. The van der Waals surface area contributed by atoms with Crippen molar-refractivity contribution in [2.24, 2.45) is 0 Å². The van der Waals surface area contributed by atoms with Gasteiger partial charge in [-0.05, 0) is 38.3 Å². The van der Waals surface area contributed by atoms with Crippen LogP contribution in [0.25, 0.3) is 10.8 Å². The minimum Gasteiger partial charge on any atom is -0.459 e. The number of aryl methyl sites for hydroxylation is 1. The molecule has 4 rings (SSSR count). The summed E-state index contributed by atoms with van der Waals surface area (Å²) in [5.41, 5.74) is 0.534. The smallest absolute Gasteiger partial charge is 0.273 e. The number of carbonyl (C=O) groups excluding carboxylic acids is 1. The van der Waals surface area contributed by atoms with Gasteiger partial charge in [-0.2, -0.15) is 0 Å². The highest BCUT2D eigenvalue weighted by Gasteiger charge is 2.32. The molecule has 2 fully saturated rings. The van der Waals surface area contributed by atoms with E-state index in [1.165, 1.54) is 24.2 Å². The summed E-state index contributed by atoms with van der Waals surface area (Å²) < 4.78 is 5.58. The number of furan rings is 1. The fraction of sp³-hybridized carbons (Fsp3) is 0.500. The lowest BCUT2D eigenvalue weighted by atomic mass is 10.1. The van der Waals surface area contributed by atoms with Crippen LogP contribution in [-0.2, 0) is 0 Å². The van der Waals surface area contributed by atoms with Crippen molar-refractivity contribution < 1.29 is 9.21 Å². The number of thiazole rings is 1. The molecular weight excluding hydrogens is 298 g/mol. The maximum Gasteiger partial charge on any atom is 0.273 e. The van der Waals surface area contributed by atoms with Gasteiger partial charge >= 0.3 is 0 Å². The van der Waals surface area contributed by atoms with E-state index >= 15 is 0 Å². The van der Waals surface area contributed by atoms with E-state index in [2.05, 4.69) is 10.3 Å². The van der Waals surface area contributed by atoms with Gasteiger partial charge in [-0.3, -0.25) is 4.79 Å². The molecule has 1 amide bonds. The summed E-state index contributed by atoms with van der Waals surface area (Å²) in [5, 5.41) is 6.20. The largest absolute Gasteiger partial charge is 0.459 e. The second-order valence-electron chi connectivity index (χ2n) is 6.13. The van der Waals surface area contributed by atoms with Crippen LogP contribution in [0.4, 0.5) is 0 Å². The van der Waals surface area contributed by atoms with Crippen molar-refractivity contribution in [3.63, 3.8) is 0 Å². The molecule has 2 unspecified atom stereocenters. The van der Waals surface area contributed by atoms with Gasteiger partial charge in [0.25, 0.3) is 5.91 Å². The van der Waals surface area contributed by atoms with Crippen LogP contribution in [0, 0.1) is 6.92 Å². The Hall–Kier alpha value is -1.66. The molecule has 6 heteroatoms. The predicted octanol–water partition coefficient (Wildman–Crippen LogP) is 2.68. The van der Waals surface area contributed by atoms with E-state index in [0.717, 1.165) is 36.0 Å². The van der Waals surface area contributed by atoms with Crippen molar-refractivity contribution in [2.75, 3.05) is 13.1 Å². The Morgan fingerprint density at radius 2 is 2.23 bits per heavy atom. The number of likely N-dealkylation sites (tertiary alicyclic amines) is 1. The summed E-state index contributed by atoms with van der Waals surface area (Å²) in [4.78, 5) is 19.1. The minimum absolute atomic E-state index is 0.0418. The van der Waals surface area contributed by atoms with Crippen molar-refractivity contribution in [3.8, 4) is 10.8 Å². The molecule has 0 spiro atoms. The molecule has 2 saturated heterocycles. The van der Waals surface area contributed by atoms with Crippen LogP contribution in [-0.4, -0.2) is 41.0 Å². The van der Waals surface area contributed by atoms with Crippen molar-refractivity contribution >= 4 is 17.2 Å².